The van der Waals surface area contributed by atoms with Gasteiger partial charge in [0.2, 0.25) is 0 Å². The molecule has 2 rings (SSSR count). The number of benzene rings is 1. The number of likely N-dealkylation sites (N-methyl/N-ethyl adjacent to an activating group) is 1. The molecular formula is C13H19ClN2O. The molecule has 1 aromatic carbocycles. The van der Waals surface area contributed by atoms with Crippen molar-refractivity contribution in [2.45, 2.75) is 12.5 Å². The zero-order valence-electron chi connectivity index (χ0n) is 10.1. The summed E-state index contributed by atoms with van der Waals surface area (Å²) >= 11 is 6.23. The number of nitrogens with zero attached hydrogens (tertiary/aromatic N) is 2. The van der Waals surface area contributed by atoms with Gasteiger partial charge in [-0.1, -0.05) is 23.7 Å². The molecule has 1 saturated heterocycles. The third kappa shape index (κ3) is 2.92. The highest BCUT2D eigenvalue weighted by Crippen LogP contribution is 2.28. The van der Waals surface area contributed by atoms with E-state index in [1.165, 1.54) is 0 Å². The molecule has 1 aromatic rings. The first kappa shape index (κ1) is 12.7. The fourth-order valence-electron chi connectivity index (χ4n) is 2.40. The number of hydrogen-bond donors (Lipinski definition) is 1. The van der Waals surface area contributed by atoms with Crippen molar-refractivity contribution in [3.63, 3.8) is 0 Å². The summed E-state index contributed by atoms with van der Waals surface area (Å²) in [5.74, 6) is 0. The summed E-state index contributed by atoms with van der Waals surface area (Å²) in [6, 6.07) is 7.98. The molecule has 1 N–H and O–H groups in total. The van der Waals surface area contributed by atoms with E-state index >= 15 is 0 Å². The van der Waals surface area contributed by atoms with Gasteiger partial charge in [0.15, 0.2) is 0 Å². The Morgan fingerprint density at radius 1 is 1.35 bits per heavy atom. The molecular weight excluding hydrogens is 236 g/mol. The van der Waals surface area contributed by atoms with E-state index in [4.69, 9.17) is 11.6 Å². The highest BCUT2D eigenvalue weighted by molar-refractivity contribution is 6.33. The standard InChI is InChI=1S/C13H19ClN2O/c1-15-7-4-8-16(11(9-15)10-17)13-6-3-2-5-12(13)14/h2-3,5-6,11,17H,4,7-10H2,1H3. The number of anilines is 1. The number of rotatable bonds is 2. The molecule has 4 heteroatoms. The fourth-order valence-corrected chi connectivity index (χ4v) is 2.65. The summed E-state index contributed by atoms with van der Waals surface area (Å²) in [7, 11) is 2.10. The molecule has 1 aliphatic rings. The molecule has 0 radical (unpaired) electrons. The van der Waals surface area contributed by atoms with Gasteiger partial charge >= 0.3 is 0 Å². The van der Waals surface area contributed by atoms with Gasteiger partial charge in [-0.25, -0.2) is 0 Å². The van der Waals surface area contributed by atoms with Crippen LogP contribution in [0.5, 0.6) is 0 Å². The van der Waals surface area contributed by atoms with Gasteiger partial charge in [-0.05, 0) is 32.1 Å². The van der Waals surface area contributed by atoms with Gasteiger partial charge in [0, 0.05) is 13.1 Å². The smallest absolute Gasteiger partial charge is 0.0648 e. The molecule has 1 atom stereocenters. The van der Waals surface area contributed by atoms with Gasteiger partial charge in [-0.3, -0.25) is 0 Å². The maximum Gasteiger partial charge on any atom is 0.0648 e. The topological polar surface area (TPSA) is 26.7 Å². The lowest BCUT2D eigenvalue weighted by Gasteiger charge is -2.32. The molecule has 1 heterocycles. The maximum absolute atomic E-state index is 9.55. The molecule has 1 aliphatic heterocycles. The Balaban J connectivity index is 2.25. The van der Waals surface area contributed by atoms with Crippen molar-refractivity contribution in [2.75, 3.05) is 38.2 Å². The Labute approximate surface area is 108 Å². The minimum Gasteiger partial charge on any atom is -0.394 e. The van der Waals surface area contributed by atoms with Crippen molar-refractivity contribution in [1.82, 2.24) is 4.90 Å². The summed E-state index contributed by atoms with van der Waals surface area (Å²) in [6.45, 7) is 3.05. The van der Waals surface area contributed by atoms with E-state index in [0.717, 1.165) is 36.8 Å². The van der Waals surface area contributed by atoms with Gasteiger partial charge in [0.25, 0.3) is 0 Å². The Morgan fingerprint density at radius 2 is 2.12 bits per heavy atom. The van der Waals surface area contributed by atoms with Crippen LogP contribution < -0.4 is 4.90 Å². The average molecular weight is 255 g/mol. The Morgan fingerprint density at radius 3 is 2.82 bits per heavy atom. The monoisotopic (exact) mass is 254 g/mol. The lowest BCUT2D eigenvalue weighted by atomic mass is 10.2. The molecule has 3 nitrogen and oxygen atoms in total. The fraction of sp³-hybridized carbons (Fsp3) is 0.538. The van der Waals surface area contributed by atoms with Gasteiger partial charge in [-0.15, -0.1) is 0 Å². The van der Waals surface area contributed by atoms with Crippen LogP contribution in [0.2, 0.25) is 5.02 Å². The highest BCUT2D eigenvalue weighted by atomic mass is 35.5. The predicted octanol–water partition coefficient (Wildman–Crippen LogP) is 1.84. The Kier molecular flexibility index (Phi) is 4.26. The number of halogens is 1. The Bertz CT molecular complexity index is 372. The summed E-state index contributed by atoms with van der Waals surface area (Å²) in [5.41, 5.74) is 1.03. The SMILES string of the molecule is CN1CCCN(c2ccccc2Cl)C(CO)C1. The molecule has 0 bridgehead atoms. The van der Waals surface area contributed by atoms with E-state index in [1.54, 1.807) is 0 Å². The normalized spacial score (nSPS) is 22.5. The molecule has 17 heavy (non-hydrogen) atoms. The summed E-state index contributed by atoms with van der Waals surface area (Å²) in [4.78, 5) is 4.49. The number of hydrogen-bond acceptors (Lipinski definition) is 3. The lowest BCUT2D eigenvalue weighted by molar-refractivity contribution is 0.229. The minimum atomic E-state index is 0.127. The summed E-state index contributed by atoms with van der Waals surface area (Å²) in [5, 5.41) is 10.3. The molecule has 0 spiro atoms. The van der Waals surface area contributed by atoms with E-state index in [1.807, 2.05) is 24.3 Å². The highest BCUT2D eigenvalue weighted by Gasteiger charge is 2.24. The van der Waals surface area contributed by atoms with E-state index < -0.39 is 0 Å². The first-order valence-electron chi connectivity index (χ1n) is 6.03. The van der Waals surface area contributed by atoms with Crippen LogP contribution in [0.15, 0.2) is 24.3 Å². The number of aliphatic hydroxyl groups excluding tert-OH is 1. The van der Waals surface area contributed by atoms with Crippen LogP contribution in [0.3, 0.4) is 0 Å². The molecule has 0 aliphatic carbocycles. The van der Waals surface area contributed by atoms with Gasteiger partial charge in [-0.2, -0.15) is 0 Å². The molecule has 1 unspecified atom stereocenters. The minimum absolute atomic E-state index is 0.127. The zero-order valence-corrected chi connectivity index (χ0v) is 10.9. The number of aliphatic hydroxyl groups is 1. The van der Waals surface area contributed by atoms with Crippen LogP contribution in [0.25, 0.3) is 0 Å². The molecule has 0 amide bonds. The van der Waals surface area contributed by atoms with Crippen molar-refractivity contribution in [2.24, 2.45) is 0 Å². The van der Waals surface area contributed by atoms with E-state index in [-0.39, 0.29) is 12.6 Å². The maximum atomic E-state index is 9.55. The molecule has 0 aromatic heterocycles. The van der Waals surface area contributed by atoms with Crippen molar-refractivity contribution < 1.29 is 5.11 Å². The summed E-state index contributed by atoms with van der Waals surface area (Å²) in [6.07, 6.45) is 1.10. The largest absolute Gasteiger partial charge is 0.394 e. The van der Waals surface area contributed by atoms with Crippen molar-refractivity contribution in [3.8, 4) is 0 Å². The average Bonchev–Trinajstić information content (AvgIpc) is 2.51. The van der Waals surface area contributed by atoms with Crippen LogP contribution in [0, 0.1) is 0 Å². The van der Waals surface area contributed by atoms with Crippen LogP contribution in [0.4, 0.5) is 5.69 Å². The number of para-hydroxylation sites is 1. The molecule has 94 valence electrons. The zero-order chi connectivity index (χ0) is 12.3. The van der Waals surface area contributed by atoms with Crippen LogP contribution in [0.1, 0.15) is 6.42 Å². The molecule has 0 saturated carbocycles. The first-order valence-corrected chi connectivity index (χ1v) is 6.40. The van der Waals surface area contributed by atoms with Crippen molar-refractivity contribution in [1.29, 1.82) is 0 Å². The van der Waals surface area contributed by atoms with E-state index in [0.29, 0.717) is 0 Å². The van der Waals surface area contributed by atoms with E-state index in [2.05, 4.69) is 16.8 Å². The second-order valence-electron chi connectivity index (χ2n) is 4.60. The van der Waals surface area contributed by atoms with Crippen LogP contribution >= 0.6 is 11.6 Å². The third-order valence-corrected chi connectivity index (χ3v) is 3.59. The third-order valence-electron chi connectivity index (χ3n) is 3.27. The van der Waals surface area contributed by atoms with Crippen LogP contribution in [-0.4, -0.2) is 49.3 Å². The van der Waals surface area contributed by atoms with Crippen molar-refractivity contribution in [3.05, 3.63) is 29.3 Å². The van der Waals surface area contributed by atoms with Gasteiger partial charge in [0.1, 0.15) is 0 Å². The summed E-state index contributed by atoms with van der Waals surface area (Å²) < 4.78 is 0. The second-order valence-corrected chi connectivity index (χ2v) is 5.00. The van der Waals surface area contributed by atoms with E-state index in [9.17, 15) is 5.11 Å². The first-order chi connectivity index (χ1) is 8.22. The quantitative estimate of drug-likeness (QED) is 0.873. The van der Waals surface area contributed by atoms with Gasteiger partial charge in [0.05, 0.1) is 23.4 Å². The van der Waals surface area contributed by atoms with Gasteiger partial charge < -0.3 is 14.9 Å². The second kappa shape index (κ2) is 5.71. The van der Waals surface area contributed by atoms with Crippen LogP contribution in [-0.2, 0) is 0 Å². The lowest BCUT2D eigenvalue weighted by Crippen LogP contribution is -2.43. The van der Waals surface area contributed by atoms with Crippen molar-refractivity contribution >= 4 is 17.3 Å². The molecule has 1 fully saturated rings. The Hall–Kier alpha value is -0.770. The predicted molar refractivity (Wildman–Crippen MR) is 71.8 cm³/mol.